The summed E-state index contributed by atoms with van der Waals surface area (Å²) in [5.41, 5.74) is 5.78. The van der Waals surface area contributed by atoms with Crippen LogP contribution in [-0.4, -0.2) is 21.4 Å². The molecule has 0 saturated carbocycles. The van der Waals surface area contributed by atoms with Crippen LogP contribution in [0.1, 0.15) is 21.0 Å². The van der Waals surface area contributed by atoms with Gasteiger partial charge in [0, 0.05) is 4.88 Å². The molecule has 0 radical (unpaired) electrons. The van der Waals surface area contributed by atoms with Crippen molar-refractivity contribution in [1.29, 1.82) is 0 Å². The Labute approximate surface area is 138 Å². The van der Waals surface area contributed by atoms with Crippen LogP contribution >= 0.6 is 23.7 Å². The molecule has 0 spiro atoms. The van der Waals surface area contributed by atoms with E-state index in [-0.39, 0.29) is 35.6 Å². The molecule has 0 aliphatic rings. The van der Waals surface area contributed by atoms with E-state index in [9.17, 15) is 13.2 Å². The monoisotopic (exact) mass is 365 g/mol. The Hall–Kier alpha value is -1.39. The number of carbonyl (C=O) groups excluding carboxylic acids is 1. The van der Waals surface area contributed by atoms with Gasteiger partial charge in [-0.3, -0.25) is 4.79 Å². The highest BCUT2D eigenvalue weighted by Crippen LogP contribution is 2.21. The van der Waals surface area contributed by atoms with Gasteiger partial charge in [-0.1, -0.05) is 0 Å². The molecule has 2 rings (SSSR count). The number of thiophene rings is 1. The van der Waals surface area contributed by atoms with Crippen molar-refractivity contribution in [3.63, 3.8) is 0 Å². The highest BCUT2D eigenvalue weighted by atomic mass is 35.5. The smallest absolute Gasteiger partial charge is 0.254 e. The lowest BCUT2D eigenvalue weighted by Gasteiger charge is -2.01. The number of nitrogens with one attached hydrogen (secondary N) is 2. The summed E-state index contributed by atoms with van der Waals surface area (Å²) in [4.78, 5) is 12.6. The molecule has 2 aromatic rings. The molecule has 0 atom stereocenters. The molecule has 1 amide bonds. The van der Waals surface area contributed by atoms with Crippen molar-refractivity contribution in [3.8, 4) is 0 Å². The third kappa shape index (κ3) is 4.31. The van der Waals surface area contributed by atoms with E-state index >= 15 is 0 Å². The third-order valence-corrected chi connectivity index (χ3v) is 5.70. The second kappa shape index (κ2) is 7.75. The molecule has 0 saturated heterocycles. The molecule has 7 nitrogen and oxygen atoms in total. The number of rotatable bonds is 6. The van der Waals surface area contributed by atoms with Crippen LogP contribution in [0.15, 0.2) is 33.1 Å². The number of sulfonamides is 1. The molecule has 0 unspecified atom stereocenters. The Morgan fingerprint density at radius 1 is 1.41 bits per heavy atom. The summed E-state index contributed by atoms with van der Waals surface area (Å²) < 4.78 is 30.7. The fourth-order valence-corrected chi connectivity index (χ4v) is 3.71. The van der Waals surface area contributed by atoms with Crippen LogP contribution in [0.2, 0.25) is 0 Å². The highest BCUT2D eigenvalue weighted by molar-refractivity contribution is 7.91. The zero-order valence-electron chi connectivity index (χ0n) is 11.7. The first-order valence-electron chi connectivity index (χ1n) is 6.04. The Kier molecular flexibility index (Phi) is 6.57. The Morgan fingerprint density at radius 3 is 2.73 bits per heavy atom. The minimum Gasteiger partial charge on any atom is -0.467 e. The fourth-order valence-electron chi connectivity index (χ4n) is 1.57. The predicted molar refractivity (Wildman–Crippen MR) is 85.6 cm³/mol. The van der Waals surface area contributed by atoms with Crippen LogP contribution in [0, 0.1) is 0 Å². The van der Waals surface area contributed by atoms with E-state index in [1.54, 1.807) is 12.1 Å². The van der Waals surface area contributed by atoms with Gasteiger partial charge in [0.15, 0.2) is 0 Å². The number of carbonyl (C=O) groups is 1. The van der Waals surface area contributed by atoms with Crippen LogP contribution in [-0.2, 0) is 23.1 Å². The SMILES string of the molecule is CNS(=O)(=O)c1ccc(CNC(=O)c2coc(CN)c2)s1.Cl. The minimum atomic E-state index is -3.44. The average Bonchev–Trinajstić information content (AvgIpc) is 3.13. The maximum Gasteiger partial charge on any atom is 0.254 e. The highest BCUT2D eigenvalue weighted by Gasteiger charge is 2.15. The predicted octanol–water partition coefficient (Wildman–Crippen LogP) is 1.06. The fraction of sp³-hybridized carbons (Fsp3) is 0.250. The summed E-state index contributed by atoms with van der Waals surface area (Å²) in [6.07, 6.45) is 1.34. The van der Waals surface area contributed by atoms with Crippen LogP contribution in [0.4, 0.5) is 0 Å². The van der Waals surface area contributed by atoms with Crippen molar-refractivity contribution in [1.82, 2.24) is 10.0 Å². The zero-order chi connectivity index (χ0) is 15.5. The van der Waals surface area contributed by atoms with Gasteiger partial charge in [0.05, 0.1) is 18.7 Å². The molecule has 0 aliphatic carbocycles. The van der Waals surface area contributed by atoms with Gasteiger partial charge in [-0.2, -0.15) is 0 Å². The molecule has 2 heterocycles. The molecule has 0 aliphatic heterocycles. The van der Waals surface area contributed by atoms with Crippen molar-refractivity contribution in [2.24, 2.45) is 5.73 Å². The average molecular weight is 366 g/mol. The first kappa shape index (κ1) is 18.7. The van der Waals surface area contributed by atoms with Crippen LogP contribution in [0.3, 0.4) is 0 Å². The van der Waals surface area contributed by atoms with Crippen molar-refractivity contribution in [2.75, 3.05) is 7.05 Å². The van der Waals surface area contributed by atoms with E-state index in [0.717, 1.165) is 16.2 Å². The van der Waals surface area contributed by atoms with Crippen molar-refractivity contribution < 1.29 is 17.6 Å². The summed E-state index contributed by atoms with van der Waals surface area (Å²) in [7, 11) is -2.09. The Bertz CT molecular complexity index is 739. The van der Waals surface area contributed by atoms with Gasteiger partial charge in [-0.05, 0) is 25.2 Å². The molecule has 2 aromatic heterocycles. The zero-order valence-corrected chi connectivity index (χ0v) is 14.1. The van der Waals surface area contributed by atoms with Crippen molar-refractivity contribution >= 4 is 39.7 Å². The van der Waals surface area contributed by atoms with Gasteiger partial charge in [0.2, 0.25) is 10.0 Å². The molecular formula is C12H16ClN3O4S2. The van der Waals surface area contributed by atoms with Gasteiger partial charge in [0.1, 0.15) is 16.2 Å². The summed E-state index contributed by atoms with van der Waals surface area (Å²) in [6, 6.07) is 4.73. The van der Waals surface area contributed by atoms with E-state index in [0.29, 0.717) is 11.3 Å². The van der Waals surface area contributed by atoms with E-state index in [4.69, 9.17) is 10.2 Å². The van der Waals surface area contributed by atoms with E-state index in [1.807, 2.05) is 0 Å². The Morgan fingerprint density at radius 2 is 2.14 bits per heavy atom. The molecule has 0 bridgehead atoms. The van der Waals surface area contributed by atoms with Gasteiger partial charge >= 0.3 is 0 Å². The molecular weight excluding hydrogens is 350 g/mol. The molecule has 4 N–H and O–H groups in total. The maximum absolute atomic E-state index is 11.9. The second-order valence-corrected chi connectivity index (χ2v) is 7.40. The standard InChI is InChI=1S/C12H15N3O4S2.ClH/c1-14-21(17,18)11-3-2-10(20-11)6-15-12(16)8-4-9(5-13)19-7-8;/h2-4,7,14H,5-6,13H2,1H3,(H,15,16);1H. The number of hydrogen-bond donors (Lipinski definition) is 3. The van der Waals surface area contributed by atoms with E-state index in [2.05, 4.69) is 10.0 Å². The molecule has 122 valence electrons. The van der Waals surface area contributed by atoms with Crippen LogP contribution in [0.5, 0.6) is 0 Å². The molecule has 22 heavy (non-hydrogen) atoms. The topological polar surface area (TPSA) is 114 Å². The lowest BCUT2D eigenvalue weighted by Crippen LogP contribution is -2.21. The summed E-state index contributed by atoms with van der Waals surface area (Å²) in [6.45, 7) is 0.468. The normalized spacial score (nSPS) is 11.0. The lowest BCUT2D eigenvalue weighted by molar-refractivity contribution is 0.0950. The minimum absolute atomic E-state index is 0. The van der Waals surface area contributed by atoms with Crippen molar-refractivity contribution in [3.05, 3.63) is 40.7 Å². The largest absolute Gasteiger partial charge is 0.467 e. The second-order valence-electron chi connectivity index (χ2n) is 4.12. The van der Waals surface area contributed by atoms with E-state index < -0.39 is 10.0 Å². The summed E-state index contributed by atoms with van der Waals surface area (Å²) in [5.74, 6) is 0.226. The molecule has 0 aromatic carbocycles. The summed E-state index contributed by atoms with van der Waals surface area (Å²) >= 11 is 1.10. The maximum atomic E-state index is 11.9. The van der Waals surface area contributed by atoms with Crippen LogP contribution < -0.4 is 15.8 Å². The number of nitrogens with two attached hydrogens (primary N) is 1. The van der Waals surface area contributed by atoms with Gasteiger partial charge in [-0.15, -0.1) is 23.7 Å². The molecule has 10 heteroatoms. The lowest BCUT2D eigenvalue weighted by atomic mass is 10.3. The first-order valence-corrected chi connectivity index (χ1v) is 8.34. The summed E-state index contributed by atoms with van der Waals surface area (Å²) in [5, 5.41) is 2.69. The van der Waals surface area contributed by atoms with Gasteiger partial charge in [-0.25, -0.2) is 13.1 Å². The quantitative estimate of drug-likeness (QED) is 0.708. The third-order valence-electron chi connectivity index (χ3n) is 2.71. The first-order chi connectivity index (χ1) is 9.96. The molecule has 0 fully saturated rings. The van der Waals surface area contributed by atoms with Crippen LogP contribution in [0.25, 0.3) is 0 Å². The number of halogens is 1. The Balaban J connectivity index is 0.00000242. The van der Waals surface area contributed by atoms with Gasteiger partial charge < -0.3 is 15.5 Å². The van der Waals surface area contributed by atoms with Crippen molar-refractivity contribution in [2.45, 2.75) is 17.3 Å². The number of amides is 1. The number of hydrogen-bond acceptors (Lipinski definition) is 6. The van der Waals surface area contributed by atoms with E-state index in [1.165, 1.54) is 19.4 Å². The number of furan rings is 1. The van der Waals surface area contributed by atoms with Gasteiger partial charge in [0.25, 0.3) is 5.91 Å².